The molecule has 2 aromatic heterocycles. The van der Waals surface area contributed by atoms with E-state index in [0.29, 0.717) is 15.7 Å². The van der Waals surface area contributed by atoms with Crippen molar-refractivity contribution in [2.75, 3.05) is 5.32 Å². The highest BCUT2D eigenvalue weighted by Crippen LogP contribution is 2.32. The fourth-order valence-corrected chi connectivity index (χ4v) is 3.31. The van der Waals surface area contributed by atoms with Crippen LogP contribution < -0.4 is 5.32 Å². The van der Waals surface area contributed by atoms with Crippen molar-refractivity contribution in [2.24, 2.45) is 0 Å². The van der Waals surface area contributed by atoms with Crippen molar-refractivity contribution in [1.29, 1.82) is 0 Å². The van der Waals surface area contributed by atoms with Gasteiger partial charge in [-0.15, -0.1) is 11.3 Å². The molecular weight excluding hydrogens is 403 g/mol. The zero-order valence-electron chi connectivity index (χ0n) is 9.13. The van der Waals surface area contributed by atoms with E-state index in [1.54, 1.807) is 12.1 Å². The summed E-state index contributed by atoms with van der Waals surface area (Å²) >= 11 is 13.9. The average Bonchev–Trinajstić information content (AvgIpc) is 2.65. The third kappa shape index (κ3) is 3.12. The average molecular weight is 411 g/mol. The van der Waals surface area contributed by atoms with Crippen LogP contribution in [0.5, 0.6) is 0 Å². The van der Waals surface area contributed by atoms with Crippen LogP contribution in [-0.4, -0.2) is 10.9 Å². The van der Waals surface area contributed by atoms with Gasteiger partial charge >= 0.3 is 0 Å². The number of thiophene rings is 1. The molecule has 18 heavy (non-hydrogen) atoms. The number of pyridine rings is 1. The lowest BCUT2D eigenvalue weighted by Crippen LogP contribution is -2.10. The summed E-state index contributed by atoms with van der Waals surface area (Å²) in [4.78, 5) is 16.6. The second kappa shape index (κ2) is 5.69. The first-order valence-electron chi connectivity index (χ1n) is 4.85. The lowest BCUT2D eigenvalue weighted by Gasteiger charge is -2.04. The molecule has 1 amide bonds. The summed E-state index contributed by atoms with van der Waals surface area (Å²) in [6.07, 6.45) is 1.53. The van der Waals surface area contributed by atoms with Gasteiger partial charge in [0.15, 0.2) is 0 Å². The van der Waals surface area contributed by atoms with Crippen molar-refractivity contribution in [2.45, 2.75) is 6.92 Å². The molecule has 0 unspecified atom stereocenters. The molecule has 0 aliphatic heterocycles. The molecule has 0 spiro atoms. The van der Waals surface area contributed by atoms with Crippen LogP contribution in [0.15, 0.2) is 26.6 Å². The number of aromatic nitrogens is 1. The number of rotatable bonds is 2. The molecule has 0 bridgehead atoms. The van der Waals surface area contributed by atoms with E-state index in [-0.39, 0.29) is 5.91 Å². The number of halogens is 3. The summed E-state index contributed by atoms with van der Waals surface area (Å²) in [5.74, 6) is -0.171. The van der Waals surface area contributed by atoms with E-state index in [4.69, 9.17) is 11.6 Å². The second-order valence-electron chi connectivity index (χ2n) is 3.52. The summed E-state index contributed by atoms with van der Waals surface area (Å²) in [5, 5.41) is 3.21. The summed E-state index contributed by atoms with van der Waals surface area (Å²) < 4.78 is 1.75. The number of hydrogen-bond acceptors (Lipinski definition) is 3. The van der Waals surface area contributed by atoms with Gasteiger partial charge in [0.25, 0.3) is 5.91 Å². The van der Waals surface area contributed by atoms with Crippen LogP contribution in [0.3, 0.4) is 0 Å². The van der Waals surface area contributed by atoms with Crippen molar-refractivity contribution in [3.8, 4) is 0 Å². The molecule has 0 aromatic carbocycles. The summed E-state index contributed by atoms with van der Waals surface area (Å²) in [6.45, 7) is 1.84. The van der Waals surface area contributed by atoms with Crippen molar-refractivity contribution in [3.63, 3.8) is 0 Å². The van der Waals surface area contributed by atoms with Crippen LogP contribution in [0, 0.1) is 6.92 Å². The highest BCUT2D eigenvalue weighted by Gasteiger charge is 2.12. The second-order valence-corrected chi connectivity index (χ2v) is 7.10. The third-order valence-corrected chi connectivity index (χ3v) is 5.79. The highest BCUT2D eigenvalue weighted by atomic mass is 79.9. The fourth-order valence-electron chi connectivity index (χ4n) is 1.28. The number of nitrogens with zero attached hydrogens (tertiary/aromatic N) is 1. The quantitative estimate of drug-likeness (QED) is 0.717. The van der Waals surface area contributed by atoms with Crippen LogP contribution in [0.25, 0.3) is 0 Å². The molecule has 1 N–H and O–H groups in total. The van der Waals surface area contributed by atoms with Gasteiger partial charge in [-0.3, -0.25) is 4.79 Å². The van der Waals surface area contributed by atoms with Crippen LogP contribution in [0.4, 0.5) is 5.69 Å². The van der Waals surface area contributed by atoms with E-state index in [1.807, 2.05) is 6.92 Å². The number of carbonyl (C=O) groups is 1. The lowest BCUT2D eigenvalue weighted by atomic mass is 10.3. The van der Waals surface area contributed by atoms with Crippen molar-refractivity contribution < 1.29 is 4.79 Å². The number of carbonyl (C=O) groups excluding carboxylic acids is 1. The van der Waals surface area contributed by atoms with Gasteiger partial charge in [-0.2, -0.15) is 0 Å². The predicted octanol–water partition coefficient (Wildman–Crippen LogP) is 4.88. The molecule has 0 aliphatic rings. The van der Waals surface area contributed by atoms with Crippen molar-refractivity contribution >= 4 is 66.4 Å². The lowest BCUT2D eigenvalue weighted by molar-refractivity contribution is 0.103. The molecule has 0 radical (unpaired) electrons. The number of nitrogens with one attached hydrogen (secondary N) is 1. The van der Waals surface area contributed by atoms with Gasteiger partial charge in [-0.1, -0.05) is 11.6 Å². The molecule has 2 aromatic rings. The Morgan fingerprint density at radius 3 is 2.72 bits per heavy atom. The molecule has 0 saturated heterocycles. The van der Waals surface area contributed by atoms with Gasteiger partial charge in [0, 0.05) is 4.47 Å². The Bertz CT molecular complexity index is 596. The normalized spacial score (nSPS) is 10.4. The number of amides is 1. The molecule has 3 nitrogen and oxygen atoms in total. The minimum atomic E-state index is -0.171. The van der Waals surface area contributed by atoms with Gasteiger partial charge in [0.2, 0.25) is 0 Å². The Hall–Kier alpha value is -0.430. The maximum atomic E-state index is 12.0. The highest BCUT2D eigenvalue weighted by molar-refractivity contribution is 9.13. The molecule has 94 valence electrons. The van der Waals surface area contributed by atoms with Gasteiger partial charge in [0.05, 0.1) is 20.5 Å². The third-order valence-electron chi connectivity index (χ3n) is 2.14. The first-order valence-corrected chi connectivity index (χ1v) is 7.63. The smallest absolute Gasteiger partial charge is 0.265 e. The zero-order valence-corrected chi connectivity index (χ0v) is 13.9. The minimum absolute atomic E-state index is 0.171. The number of hydrogen-bond donors (Lipinski definition) is 1. The topological polar surface area (TPSA) is 42.0 Å². The molecule has 0 saturated carbocycles. The van der Waals surface area contributed by atoms with Crippen LogP contribution in [-0.2, 0) is 0 Å². The van der Waals surface area contributed by atoms with E-state index >= 15 is 0 Å². The molecule has 2 rings (SSSR count). The summed E-state index contributed by atoms with van der Waals surface area (Å²) in [5.41, 5.74) is 1.45. The van der Waals surface area contributed by atoms with E-state index < -0.39 is 0 Å². The maximum Gasteiger partial charge on any atom is 0.265 e. The van der Waals surface area contributed by atoms with Gasteiger partial charge in [0.1, 0.15) is 5.15 Å². The Morgan fingerprint density at radius 1 is 1.44 bits per heavy atom. The monoisotopic (exact) mass is 408 g/mol. The van der Waals surface area contributed by atoms with Crippen molar-refractivity contribution in [1.82, 2.24) is 4.98 Å². The van der Waals surface area contributed by atoms with E-state index in [1.165, 1.54) is 17.5 Å². The summed E-state index contributed by atoms with van der Waals surface area (Å²) in [7, 11) is 0. The zero-order chi connectivity index (χ0) is 13.3. The van der Waals surface area contributed by atoms with Gasteiger partial charge in [-0.25, -0.2) is 4.98 Å². The fraction of sp³-hybridized carbons (Fsp3) is 0.0909. The number of aryl methyl sites for hydroxylation is 1. The van der Waals surface area contributed by atoms with Gasteiger partial charge < -0.3 is 5.32 Å². The Kier molecular flexibility index (Phi) is 4.42. The van der Waals surface area contributed by atoms with Crippen LogP contribution >= 0.6 is 54.8 Å². The Morgan fingerprint density at radius 2 is 2.17 bits per heavy atom. The molecular formula is C11H7Br2ClN2OS. The molecule has 2 heterocycles. The first kappa shape index (κ1) is 14.0. The van der Waals surface area contributed by atoms with Crippen LogP contribution in [0.2, 0.25) is 5.15 Å². The SMILES string of the molecule is Cc1cc(NC(=O)c2cc(Br)c(Br)s2)cnc1Cl. The number of anilines is 1. The van der Waals surface area contributed by atoms with Crippen molar-refractivity contribution in [3.05, 3.63) is 42.2 Å². The summed E-state index contributed by atoms with van der Waals surface area (Å²) in [6, 6.07) is 3.55. The largest absolute Gasteiger partial charge is 0.320 e. The van der Waals surface area contributed by atoms with E-state index in [2.05, 4.69) is 42.2 Å². The van der Waals surface area contributed by atoms with E-state index in [9.17, 15) is 4.79 Å². The molecule has 0 aliphatic carbocycles. The minimum Gasteiger partial charge on any atom is -0.320 e. The van der Waals surface area contributed by atoms with Crippen LogP contribution in [0.1, 0.15) is 15.2 Å². The maximum absolute atomic E-state index is 12.0. The van der Waals surface area contributed by atoms with E-state index in [0.717, 1.165) is 13.8 Å². The Balaban J connectivity index is 2.18. The predicted molar refractivity (Wildman–Crippen MR) is 81.7 cm³/mol. The first-order chi connectivity index (χ1) is 8.47. The molecule has 0 atom stereocenters. The van der Waals surface area contributed by atoms with Gasteiger partial charge in [-0.05, 0) is 56.5 Å². The molecule has 7 heteroatoms. The molecule has 0 fully saturated rings. The Labute approximate surface area is 130 Å². The standard InChI is InChI=1S/C11H7Br2ClN2OS/c1-5-2-6(4-15-10(5)14)16-11(17)8-3-7(12)9(13)18-8/h2-4H,1H3,(H,16,17).